The van der Waals surface area contributed by atoms with Crippen LogP contribution in [-0.2, 0) is 4.79 Å². The highest BCUT2D eigenvalue weighted by Crippen LogP contribution is 2.22. The highest BCUT2D eigenvalue weighted by atomic mass is 16.5. The van der Waals surface area contributed by atoms with Crippen LogP contribution < -0.4 is 10.2 Å². The van der Waals surface area contributed by atoms with Gasteiger partial charge in [0.15, 0.2) is 6.61 Å². The number of phenols is 1. The van der Waals surface area contributed by atoms with Crippen molar-refractivity contribution < 1.29 is 14.6 Å². The van der Waals surface area contributed by atoms with Crippen molar-refractivity contribution in [3.63, 3.8) is 0 Å². The van der Waals surface area contributed by atoms with Crippen LogP contribution in [0.25, 0.3) is 0 Å². The number of aryl methyl sites for hydroxylation is 2. The number of phenolic OH excluding ortho intramolecular Hbond substituents is 1. The summed E-state index contributed by atoms with van der Waals surface area (Å²) in [7, 11) is 0. The van der Waals surface area contributed by atoms with Gasteiger partial charge >= 0.3 is 0 Å². The fourth-order valence-corrected chi connectivity index (χ4v) is 2.18. The topological polar surface area (TPSA) is 70.9 Å². The Kier molecular flexibility index (Phi) is 5.36. The Morgan fingerprint density at radius 1 is 1.13 bits per heavy atom. The van der Waals surface area contributed by atoms with Gasteiger partial charge in [0.05, 0.1) is 5.71 Å². The molecule has 0 saturated heterocycles. The number of para-hydroxylation sites is 2. The van der Waals surface area contributed by atoms with Crippen molar-refractivity contribution >= 4 is 11.6 Å². The molecule has 0 spiro atoms. The summed E-state index contributed by atoms with van der Waals surface area (Å²) in [5.74, 6) is 0.473. The quantitative estimate of drug-likeness (QED) is 0.659. The van der Waals surface area contributed by atoms with Gasteiger partial charge in [-0.05, 0) is 44.0 Å². The molecule has 5 heteroatoms. The average molecular weight is 312 g/mol. The van der Waals surface area contributed by atoms with Gasteiger partial charge in [-0.2, -0.15) is 5.10 Å². The van der Waals surface area contributed by atoms with Crippen molar-refractivity contribution in [2.45, 2.75) is 20.8 Å². The largest absolute Gasteiger partial charge is 0.507 e. The Hall–Kier alpha value is -2.82. The minimum absolute atomic E-state index is 0.120. The van der Waals surface area contributed by atoms with E-state index in [9.17, 15) is 9.90 Å². The molecule has 0 unspecified atom stereocenters. The number of ether oxygens (including phenoxy) is 1. The van der Waals surface area contributed by atoms with Crippen molar-refractivity contribution in [3.8, 4) is 11.5 Å². The first-order valence-electron chi connectivity index (χ1n) is 7.29. The Bertz CT molecular complexity index is 719. The second-order valence-corrected chi connectivity index (χ2v) is 5.26. The van der Waals surface area contributed by atoms with Crippen molar-refractivity contribution in [3.05, 3.63) is 59.2 Å². The van der Waals surface area contributed by atoms with Crippen LogP contribution in [-0.4, -0.2) is 23.3 Å². The summed E-state index contributed by atoms with van der Waals surface area (Å²) in [6.45, 7) is 5.45. The summed E-state index contributed by atoms with van der Waals surface area (Å²) in [5.41, 5.74) is 5.48. The number of nitrogens with zero attached hydrogens (tertiary/aromatic N) is 1. The van der Waals surface area contributed by atoms with Crippen molar-refractivity contribution in [1.82, 2.24) is 5.43 Å². The minimum atomic E-state index is -0.359. The van der Waals surface area contributed by atoms with Gasteiger partial charge in [0.25, 0.3) is 5.91 Å². The van der Waals surface area contributed by atoms with E-state index >= 15 is 0 Å². The monoisotopic (exact) mass is 312 g/mol. The lowest BCUT2D eigenvalue weighted by atomic mass is 10.1. The first-order valence-corrected chi connectivity index (χ1v) is 7.29. The van der Waals surface area contributed by atoms with E-state index in [-0.39, 0.29) is 18.3 Å². The molecule has 0 heterocycles. The molecule has 2 rings (SSSR count). The lowest BCUT2D eigenvalue weighted by Crippen LogP contribution is -2.26. The van der Waals surface area contributed by atoms with E-state index in [4.69, 9.17) is 4.74 Å². The molecule has 0 aliphatic heterocycles. The Morgan fingerprint density at radius 3 is 2.43 bits per heavy atom. The van der Waals surface area contributed by atoms with Gasteiger partial charge < -0.3 is 9.84 Å². The van der Waals surface area contributed by atoms with Gasteiger partial charge in [0.1, 0.15) is 11.5 Å². The molecule has 2 aromatic carbocycles. The van der Waals surface area contributed by atoms with Gasteiger partial charge in [-0.25, -0.2) is 5.43 Å². The number of amides is 1. The predicted octanol–water partition coefficient (Wildman–Crippen LogP) is 2.93. The molecule has 0 fully saturated rings. The summed E-state index contributed by atoms with van der Waals surface area (Å²) in [6.07, 6.45) is 0. The van der Waals surface area contributed by atoms with E-state index in [1.54, 1.807) is 31.2 Å². The first kappa shape index (κ1) is 16.5. The highest BCUT2D eigenvalue weighted by molar-refractivity contribution is 6.01. The molecular formula is C18H20N2O3. The molecule has 120 valence electrons. The summed E-state index contributed by atoms with van der Waals surface area (Å²) < 4.78 is 5.56. The molecule has 0 aliphatic rings. The molecular weight excluding hydrogens is 292 g/mol. The number of carbonyl (C=O) groups excluding carboxylic acids is 1. The fraction of sp³-hybridized carbons (Fsp3) is 0.222. The van der Waals surface area contributed by atoms with Gasteiger partial charge in [-0.1, -0.05) is 30.3 Å². The lowest BCUT2D eigenvalue weighted by molar-refractivity contribution is -0.123. The van der Waals surface area contributed by atoms with Crippen molar-refractivity contribution in [2.24, 2.45) is 5.10 Å². The van der Waals surface area contributed by atoms with E-state index in [0.717, 1.165) is 11.1 Å². The molecule has 0 radical (unpaired) electrons. The molecule has 1 amide bonds. The second kappa shape index (κ2) is 7.45. The number of hydrogen-bond acceptors (Lipinski definition) is 4. The van der Waals surface area contributed by atoms with Crippen LogP contribution in [0, 0.1) is 13.8 Å². The van der Waals surface area contributed by atoms with Crippen LogP contribution in [0.3, 0.4) is 0 Å². The zero-order valence-electron chi connectivity index (χ0n) is 13.5. The Morgan fingerprint density at radius 2 is 1.78 bits per heavy atom. The standard InChI is InChI=1S/C18H20N2O3/c1-12-7-6-8-13(2)18(12)23-11-17(22)20-19-14(3)15-9-4-5-10-16(15)21/h4-10,21H,11H2,1-3H3,(H,20,22)/b19-14+. The number of hydrogen-bond donors (Lipinski definition) is 2. The van der Waals surface area contributed by atoms with Crippen molar-refractivity contribution in [2.75, 3.05) is 6.61 Å². The number of aromatic hydroxyl groups is 1. The third kappa shape index (κ3) is 4.32. The average Bonchev–Trinajstić information content (AvgIpc) is 2.52. The van der Waals surface area contributed by atoms with Crippen LogP contribution in [0.2, 0.25) is 0 Å². The van der Waals surface area contributed by atoms with Gasteiger partial charge in [-0.3, -0.25) is 4.79 Å². The Labute approximate surface area is 135 Å². The van der Waals surface area contributed by atoms with Crippen LogP contribution in [0.5, 0.6) is 11.5 Å². The number of benzene rings is 2. The van der Waals surface area contributed by atoms with E-state index < -0.39 is 0 Å². The molecule has 5 nitrogen and oxygen atoms in total. The zero-order valence-corrected chi connectivity index (χ0v) is 13.5. The third-order valence-electron chi connectivity index (χ3n) is 3.40. The van der Waals surface area contributed by atoms with Gasteiger partial charge in [0, 0.05) is 5.56 Å². The normalized spacial score (nSPS) is 11.2. The molecule has 2 N–H and O–H groups in total. The maximum Gasteiger partial charge on any atom is 0.277 e. The number of carbonyl (C=O) groups is 1. The van der Waals surface area contributed by atoms with Gasteiger partial charge in [0.2, 0.25) is 0 Å². The molecule has 0 aromatic heterocycles. The number of rotatable bonds is 5. The van der Waals surface area contributed by atoms with Gasteiger partial charge in [-0.15, -0.1) is 0 Å². The summed E-state index contributed by atoms with van der Waals surface area (Å²) >= 11 is 0. The molecule has 0 atom stereocenters. The maximum absolute atomic E-state index is 11.9. The van der Waals surface area contributed by atoms with Crippen LogP contribution in [0.4, 0.5) is 0 Å². The molecule has 2 aromatic rings. The molecule has 0 bridgehead atoms. The number of nitrogens with one attached hydrogen (secondary N) is 1. The van der Waals surface area contributed by atoms with Crippen LogP contribution in [0.15, 0.2) is 47.6 Å². The summed E-state index contributed by atoms with van der Waals surface area (Å²) in [6, 6.07) is 12.6. The SMILES string of the molecule is C/C(=N\NC(=O)COc1c(C)cccc1C)c1ccccc1O. The maximum atomic E-state index is 11.9. The Balaban J connectivity index is 1.95. The van der Waals surface area contributed by atoms with Crippen LogP contribution in [0.1, 0.15) is 23.6 Å². The smallest absolute Gasteiger partial charge is 0.277 e. The summed E-state index contributed by atoms with van der Waals surface area (Å²) in [5, 5.41) is 13.7. The first-order chi connectivity index (χ1) is 11.0. The predicted molar refractivity (Wildman–Crippen MR) is 89.9 cm³/mol. The minimum Gasteiger partial charge on any atom is -0.507 e. The van der Waals surface area contributed by atoms with E-state index in [1.165, 1.54) is 0 Å². The van der Waals surface area contributed by atoms with E-state index in [2.05, 4.69) is 10.5 Å². The fourth-order valence-electron chi connectivity index (χ4n) is 2.18. The third-order valence-corrected chi connectivity index (χ3v) is 3.40. The van der Waals surface area contributed by atoms with Crippen molar-refractivity contribution in [1.29, 1.82) is 0 Å². The molecule has 0 aliphatic carbocycles. The molecule has 23 heavy (non-hydrogen) atoms. The van der Waals surface area contributed by atoms with E-state index in [0.29, 0.717) is 17.0 Å². The molecule has 0 saturated carbocycles. The zero-order chi connectivity index (χ0) is 16.8. The number of hydrazone groups is 1. The van der Waals surface area contributed by atoms with E-state index in [1.807, 2.05) is 32.0 Å². The van der Waals surface area contributed by atoms with Crippen LogP contribution >= 0.6 is 0 Å². The highest BCUT2D eigenvalue weighted by Gasteiger charge is 2.08. The lowest BCUT2D eigenvalue weighted by Gasteiger charge is -2.11. The second-order valence-electron chi connectivity index (χ2n) is 5.26. The summed E-state index contributed by atoms with van der Waals surface area (Å²) in [4.78, 5) is 11.9.